The van der Waals surface area contributed by atoms with E-state index in [4.69, 9.17) is 17.3 Å². The van der Waals surface area contributed by atoms with Crippen molar-refractivity contribution < 1.29 is 8.78 Å². The lowest BCUT2D eigenvalue weighted by molar-refractivity contribution is 0.509. The highest BCUT2D eigenvalue weighted by molar-refractivity contribution is 6.33. The zero-order valence-corrected chi connectivity index (χ0v) is 10.6. The summed E-state index contributed by atoms with van der Waals surface area (Å²) in [6, 6.07) is 7.41. The summed E-state index contributed by atoms with van der Waals surface area (Å²) in [6.45, 7) is 1.97. The number of hydrogen-bond acceptors (Lipinski definition) is 1. The third kappa shape index (κ3) is 2.31. The van der Waals surface area contributed by atoms with Crippen molar-refractivity contribution in [3.8, 4) is 11.1 Å². The molecule has 2 aromatic rings. The molecule has 0 aliphatic rings. The van der Waals surface area contributed by atoms with Gasteiger partial charge in [0.25, 0.3) is 0 Å². The monoisotopic (exact) mass is 267 g/mol. The molecule has 18 heavy (non-hydrogen) atoms. The van der Waals surface area contributed by atoms with Crippen molar-refractivity contribution in [2.45, 2.75) is 13.3 Å². The Hall–Kier alpha value is -1.61. The van der Waals surface area contributed by atoms with Crippen molar-refractivity contribution in [2.24, 2.45) is 0 Å². The molecule has 0 saturated heterocycles. The third-order valence-electron chi connectivity index (χ3n) is 2.84. The molecule has 0 bridgehead atoms. The number of hydrogen-bond donors (Lipinski definition) is 1. The third-order valence-corrected chi connectivity index (χ3v) is 3.16. The molecule has 0 amide bonds. The van der Waals surface area contributed by atoms with Gasteiger partial charge in [0.2, 0.25) is 0 Å². The normalized spacial score (nSPS) is 10.7. The number of rotatable bonds is 2. The van der Waals surface area contributed by atoms with Crippen LogP contribution in [0.2, 0.25) is 5.02 Å². The van der Waals surface area contributed by atoms with Crippen LogP contribution in [-0.2, 0) is 6.42 Å². The molecule has 0 aromatic heterocycles. The van der Waals surface area contributed by atoms with Crippen LogP contribution < -0.4 is 5.73 Å². The second kappa shape index (κ2) is 4.94. The van der Waals surface area contributed by atoms with Crippen molar-refractivity contribution in [1.29, 1.82) is 0 Å². The summed E-state index contributed by atoms with van der Waals surface area (Å²) in [5, 5.41) is 0.181. The van der Waals surface area contributed by atoms with Gasteiger partial charge in [-0.3, -0.25) is 0 Å². The number of nitrogens with two attached hydrogens (primary N) is 1. The fourth-order valence-corrected chi connectivity index (χ4v) is 2.08. The molecule has 0 saturated carbocycles. The van der Waals surface area contributed by atoms with Crippen LogP contribution in [0.25, 0.3) is 11.1 Å². The molecule has 0 atom stereocenters. The van der Waals surface area contributed by atoms with Crippen LogP contribution in [0.15, 0.2) is 30.3 Å². The smallest absolute Gasteiger partial charge is 0.160 e. The van der Waals surface area contributed by atoms with Gasteiger partial charge in [-0.1, -0.05) is 24.6 Å². The zero-order chi connectivity index (χ0) is 13.3. The Morgan fingerprint density at radius 3 is 2.44 bits per heavy atom. The van der Waals surface area contributed by atoms with Crippen LogP contribution in [0.4, 0.5) is 14.5 Å². The van der Waals surface area contributed by atoms with Crippen LogP contribution in [0.5, 0.6) is 0 Å². The molecule has 2 aromatic carbocycles. The molecule has 0 spiro atoms. The minimum atomic E-state index is -0.949. The van der Waals surface area contributed by atoms with E-state index >= 15 is 0 Å². The Bertz CT molecular complexity index is 597. The van der Waals surface area contributed by atoms with Crippen LogP contribution in [0.3, 0.4) is 0 Å². The highest BCUT2D eigenvalue weighted by atomic mass is 35.5. The Morgan fingerprint density at radius 2 is 1.78 bits per heavy atom. The summed E-state index contributed by atoms with van der Waals surface area (Å²) in [5.41, 5.74) is 8.63. The molecule has 0 unspecified atom stereocenters. The first kappa shape index (κ1) is 12.8. The summed E-state index contributed by atoms with van der Waals surface area (Å²) in [5.74, 6) is -1.86. The van der Waals surface area contributed by atoms with E-state index in [0.29, 0.717) is 11.3 Å². The van der Waals surface area contributed by atoms with Crippen molar-refractivity contribution in [2.75, 3.05) is 5.73 Å². The molecular formula is C14H12ClF2N. The van der Waals surface area contributed by atoms with Gasteiger partial charge in [0.15, 0.2) is 11.6 Å². The van der Waals surface area contributed by atoms with Crippen LogP contribution in [-0.4, -0.2) is 0 Å². The molecule has 0 heterocycles. The van der Waals surface area contributed by atoms with Gasteiger partial charge in [-0.25, -0.2) is 8.78 Å². The first-order valence-electron chi connectivity index (χ1n) is 5.56. The second-order valence-electron chi connectivity index (χ2n) is 4.01. The van der Waals surface area contributed by atoms with Gasteiger partial charge in [0.05, 0.1) is 5.02 Å². The minimum absolute atomic E-state index is 0.181. The average Bonchev–Trinajstić information content (AvgIpc) is 2.35. The average molecular weight is 268 g/mol. The molecule has 0 aliphatic heterocycles. The number of halogens is 3. The first-order valence-corrected chi connectivity index (χ1v) is 5.94. The largest absolute Gasteiger partial charge is 0.399 e. The van der Waals surface area contributed by atoms with Crippen molar-refractivity contribution in [3.05, 3.63) is 52.6 Å². The maximum absolute atomic E-state index is 13.2. The predicted molar refractivity (Wildman–Crippen MR) is 70.6 cm³/mol. The summed E-state index contributed by atoms with van der Waals surface area (Å²) in [6.07, 6.45) is 0.765. The van der Waals surface area contributed by atoms with E-state index in [1.165, 1.54) is 0 Å². The van der Waals surface area contributed by atoms with E-state index in [1.807, 2.05) is 13.0 Å². The standard InChI is InChI=1S/C14H12ClF2N/c1-2-8-5-9(3-4-14(8)18)10-6-12(16)13(17)7-11(10)15/h3-7H,2,18H2,1H3. The zero-order valence-electron chi connectivity index (χ0n) is 9.81. The lowest BCUT2D eigenvalue weighted by Gasteiger charge is -2.09. The lowest BCUT2D eigenvalue weighted by Crippen LogP contribution is -1.94. The van der Waals surface area contributed by atoms with Crippen LogP contribution in [0.1, 0.15) is 12.5 Å². The van der Waals surface area contributed by atoms with Gasteiger partial charge in [-0.05, 0) is 41.8 Å². The Balaban J connectivity index is 2.58. The Kier molecular flexibility index (Phi) is 3.53. The van der Waals surface area contributed by atoms with E-state index < -0.39 is 11.6 Å². The molecule has 0 fully saturated rings. The highest BCUT2D eigenvalue weighted by Gasteiger charge is 2.11. The maximum atomic E-state index is 13.2. The van der Waals surface area contributed by atoms with Crippen molar-refractivity contribution in [3.63, 3.8) is 0 Å². The van der Waals surface area contributed by atoms with Crippen LogP contribution in [0, 0.1) is 11.6 Å². The maximum Gasteiger partial charge on any atom is 0.160 e. The molecule has 1 nitrogen and oxygen atoms in total. The van der Waals surface area contributed by atoms with Crippen molar-refractivity contribution >= 4 is 17.3 Å². The van der Waals surface area contributed by atoms with E-state index in [-0.39, 0.29) is 5.02 Å². The van der Waals surface area contributed by atoms with Crippen molar-refractivity contribution in [1.82, 2.24) is 0 Å². The van der Waals surface area contributed by atoms with E-state index in [1.54, 1.807) is 12.1 Å². The van der Waals surface area contributed by atoms with E-state index in [0.717, 1.165) is 29.7 Å². The molecule has 4 heteroatoms. The fraction of sp³-hybridized carbons (Fsp3) is 0.143. The molecule has 94 valence electrons. The molecular weight excluding hydrogens is 256 g/mol. The topological polar surface area (TPSA) is 26.0 Å². The van der Waals surface area contributed by atoms with Gasteiger partial charge >= 0.3 is 0 Å². The van der Waals surface area contributed by atoms with E-state index in [9.17, 15) is 8.78 Å². The summed E-state index contributed by atoms with van der Waals surface area (Å²) in [4.78, 5) is 0. The quantitative estimate of drug-likeness (QED) is 0.632. The number of aryl methyl sites for hydroxylation is 1. The van der Waals surface area contributed by atoms with E-state index in [2.05, 4.69) is 0 Å². The van der Waals surface area contributed by atoms with Gasteiger partial charge < -0.3 is 5.73 Å². The summed E-state index contributed by atoms with van der Waals surface area (Å²) >= 11 is 5.93. The minimum Gasteiger partial charge on any atom is -0.399 e. The van der Waals surface area contributed by atoms with Gasteiger partial charge in [-0.2, -0.15) is 0 Å². The van der Waals surface area contributed by atoms with Gasteiger partial charge in [0.1, 0.15) is 0 Å². The lowest BCUT2D eigenvalue weighted by atomic mass is 10.0. The summed E-state index contributed by atoms with van der Waals surface area (Å²) < 4.78 is 26.3. The highest BCUT2D eigenvalue weighted by Crippen LogP contribution is 2.31. The molecule has 2 rings (SSSR count). The predicted octanol–water partition coefficient (Wildman–Crippen LogP) is 4.43. The molecule has 2 N–H and O–H groups in total. The van der Waals surface area contributed by atoms with Gasteiger partial charge in [-0.15, -0.1) is 0 Å². The number of benzene rings is 2. The Morgan fingerprint density at radius 1 is 1.11 bits per heavy atom. The molecule has 0 aliphatic carbocycles. The van der Waals surface area contributed by atoms with Crippen LogP contribution >= 0.6 is 11.6 Å². The SMILES string of the molecule is CCc1cc(-c2cc(F)c(F)cc2Cl)ccc1N. The number of anilines is 1. The fourth-order valence-electron chi connectivity index (χ4n) is 1.82. The number of nitrogen functional groups attached to an aromatic ring is 1. The first-order chi connectivity index (χ1) is 8.52. The molecule has 0 radical (unpaired) electrons. The second-order valence-corrected chi connectivity index (χ2v) is 4.42. The Labute approximate surface area is 109 Å². The summed E-state index contributed by atoms with van der Waals surface area (Å²) in [7, 11) is 0. The van der Waals surface area contributed by atoms with Gasteiger partial charge in [0, 0.05) is 11.3 Å².